The normalized spacial score (nSPS) is 10.2. The van der Waals surface area contributed by atoms with Gasteiger partial charge in [-0.15, -0.1) is 0 Å². The number of methoxy groups -OCH3 is 2. The number of pyridine rings is 1. The minimum atomic E-state index is -0.316. The Bertz CT molecular complexity index is 840. The predicted molar refractivity (Wildman–Crippen MR) is 97.2 cm³/mol. The number of rotatable bonds is 5. The van der Waals surface area contributed by atoms with Crippen molar-refractivity contribution in [3.05, 3.63) is 72.4 Å². The van der Waals surface area contributed by atoms with Crippen LogP contribution in [0, 0.1) is 0 Å². The number of nitrogens with one attached hydrogen (secondary N) is 1. The number of aromatic nitrogens is 1. The van der Waals surface area contributed by atoms with E-state index in [4.69, 9.17) is 9.47 Å². The van der Waals surface area contributed by atoms with Gasteiger partial charge in [0.2, 0.25) is 0 Å². The van der Waals surface area contributed by atoms with Crippen molar-refractivity contribution < 1.29 is 14.3 Å². The quantitative estimate of drug-likeness (QED) is 0.765. The van der Waals surface area contributed by atoms with Crippen LogP contribution in [0.25, 0.3) is 11.3 Å². The molecule has 1 aromatic heterocycles. The molecule has 0 radical (unpaired) electrons. The highest BCUT2D eigenvalue weighted by Crippen LogP contribution is 2.29. The van der Waals surface area contributed by atoms with Gasteiger partial charge in [-0.2, -0.15) is 0 Å². The van der Waals surface area contributed by atoms with E-state index in [1.54, 1.807) is 24.4 Å². The number of ether oxygens (including phenoxy) is 2. The van der Waals surface area contributed by atoms with E-state index < -0.39 is 0 Å². The van der Waals surface area contributed by atoms with Crippen LogP contribution in [0.2, 0.25) is 0 Å². The molecule has 0 saturated heterocycles. The highest BCUT2D eigenvalue weighted by atomic mass is 16.5. The smallest absolute Gasteiger partial charge is 0.263 e. The summed E-state index contributed by atoms with van der Waals surface area (Å²) in [5, 5.41) is 2.82. The van der Waals surface area contributed by atoms with Gasteiger partial charge in [0.25, 0.3) is 5.91 Å². The van der Waals surface area contributed by atoms with Crippen LogP contribution in [0.5, 0.6) is 11.5 Å². The van der Waals surface area contributed by atoms with Crippen molar-refractivity contribution in [2.75, 3.05) is 19.5 Å². The first-order valence-electron chi connectivity index (χ1n) is 7.76. The molecule has 0 fully saturated rings. The van der Waals surface area contributed by atoms with E-state index >= 15 is 0 Å². The van der Waals surface area contributed by atoms with E-state index in [9.17, 15) is 4.79 Å². The van der Waals surface area contributed by atoms with E-state index in [1.165, 1.54) is 14.2 Å². The van der Waals surface area contributed by atoms with Crippen LogP contribution in [0.3, 0.4) is 0 Å². The molecule has 5 nitrogen and oxygen atoms in total. The molecule has 0 atom stereocenters. The SMILES string of the molecule is COc1cccc(OC)c1C(=O)Nc1ccc(-c2ccccc2)nc1. The Labute approximate surface area is 146 Å². The maximum atomic E-state index is 12.6. The van der Waals surface area contributed by atoms with Gasteiger partial charge in [0, 0.05) is 5.56 Å². The Kier molecular flexibility index (Phi) is 4.95. The van der Waals surface area contributed by atoms with Crippen molar-refractivity contribution in [1.29, 1.82) is 0 Å². The Morgan fingerprint density at radius 2 is 1.56 bits per heavy atom. The summed E-state index contributed by atoms with van der Waals surface area (Å²) in [7, 11) is 3.03. The van der Waals surface area contributed by atoms with Crippen molar-refractivity contribution in [3.63, 3.8) is 0 Å². The molecule has 1 N–H and O–H groups in total. The van der Waals surface area contributed by atoms with Crippen molar-refractivity contribution >= 4 is 11.6 Å². The van der Waals surface area contributed by atoms with Crippen LogP contribution in [-0.4, -0.2) is 25.1 Å². The molecule has 2 aromatic carbocycles. The Morgan fingerprint density at radius 1 is 0.880 bits per heavy atom. The third kappa shape index (κ3) is 3.61. The zero-order valence-electron chi connectivity index (χ0n) is 14.0. The second kappa shape index (κ2) is 7.49. The number of nitrogens with zero attached hydrogens (tertiary/aromatic N) is 1. The van der Waals surface area contributed by atoms with Gasteiger partial charge in [-0.25, -0.2) is 0 Å². The first-order chi connectivity index (χ1) is 12.2. The topological polar surface area (TPSA) is 60.5 Å². The average molecular weight is 334 g/mol. The van der Waals surface area contributed by atoms with Crippen molar-refractivity contribution in [1.82, 2.24) is 4.98 Å². The molecule has 0 saturated carbocycles. The fraction of sp³-hybridized carbons (Fsp3) is 0.100. The fourth-order valence-electron chi connectivity index (χ4n) is 2.52. The number of anilines is 1. The van der Waals surface area contributed by atoms with Crippen molar-refractivity contribution in [3.8, 4) is 22.8 Å². The van der Waals surface area contributed by atoms with E-state index in [0.29, 0.717) is 22.7 Å². The summed E-state index contributed by atoms with van der Waals surface area (Å²) in [6.45, 7) is 0. The molecule has 0 bridgehead atoms. The maximum Gasteiger partial charge on any atom is 0.263 e. The Balaban J connectivity index is 1.82. The van der Waals surface area contributed by atoms with E-state index in [1.807, 2.05) is 42.5 Å². The van der Waals surface area contributed by atoms with Gasteiger partial charge in [-0.3, -0.25) is 9.78 Å². The third-order valence-corrected chi connectivity index (χ3v) is 3.75. The van der Waals surface area contributed by atoms with Gasteiger partial charge in [0.1, 0.15) is 17.1 Å². The summed E-state index contributed by atoms with van der Waals surface area (Å²) in [5.41, 5.74) is 2.80. The molecule has 0 aliphatic carbocycles. The average Bonchev–Trinajstić information content (AvgIpc) is 2.68. The molecule has 0 unspecified atom stereocenters. The number of hydrogen-bond donors (Lipinski definition) is 1. The number of hydrogen-bond acceptors (Lipinski definition) is 4. The molecule has 1 amide bonds. The molecule has 3 aromatic rings. The van der Waals surface area contributed by atoms with Gasteiger partial charge >= 0.3 is 0 Å². The number of carbonyl (C=O) groups is 1. The number of carbonyl (C=O) groups excluding carboxylic acids is 1. The van der Waals surface area contributed by atoms with Crippen molar-refractivity contribution in [2.24, 2.45) is 0 Å². The van der Waals surface area contributed by atoms with Crippen LogP contribution in [0.1, 0.15) is 10.4 Å². The van der Waals surface area contributed by atoms with Crippen molar-refractivity contribution in [2.45, 2.75) is 0 Å². The number of amides is 1. The largest absolute Gasteiger partial charge is 0.496 e. The minimum Gasteiger partial charge on any atom is -0.496 e. The lowest BCUT2D eigenvalue weighted by molar-refractivity contribution is 0.102. The lowest BCUT2D eigenvalue weighted by Crippen LogP contribution is -2.14. The first kappa shape index (κ1) is 16.5. The standard InChI is InChI=1S/C20H18N2O3/c1-24-17-9-6-10-18(25-2)19(17)20(23)22-15-11-12-16(21-13-15)14-7-4-3-5-8-14/h3-13H,1-2H3,(H,22,23). The molecule has 126 valence electrons. The van der Waals surface area contributed by atoms with Gasteiger partial charge in [-0.1, -0.05) is 36.4 Å². The molecule has 0 aliphatic heterocycles. The molecule has 3 rings (SSSR count). The van der Waals surface area contributed by atoms with Gasteiger partial charge in [-0.05, 0) is 24.3 Å². The van der Waals surface area contributed by atoms with Gasteiger partial charge in [0.15, 0.2) is 0 Å². The second-order valence-corrected chi connectivity index (χ2v) is 5.29. The third-order valence-electron chi connectivity index (χ3n) is 3.75. The molecule has 25 heavy (non-hydrogen) atoms. The van der Waals surface area contributed by atoms with E-state index in [2.05, 4.69) is 10.3 Å². The lowest BCUT2D eigenvalue weighted by atomic mass is 10.1. The Morgan fingerprint density at radius 3 is 2.12 bits per heavy atom. The summed E-state index contributed by atoms with van der Waals surface area (Å²) in [4.78, 5) is 17.0. The van der Waals surface area contributed by atoms with E-state index in [0.717, 1.165) is 11.3 Å². The van der Waals surface area contributed by atoms with Crippen LogP contribution in [-0.2, 0) is 0 Å². The molecule has 0 aliphatic rings. The summed E-state index contributed by atoms with van der Waals surface area (Å²) in [6.07, 6.45) is 1.63. The predicted octanol–water partition coefficient (Wildman–Crippen LogP) is 4.02. The summed E-state index contributed by atoms with van der Waals surface area (Å²) in [5.74, 6) is 0.583. The number of benzene rings is 2. The lowest BCUT2D eigenvalue weighted by Gasteiger charge is -2.13. The zero-order chi connectivity index (χ0) is 17.6. The van der Waals surface area contributed by atoms with Gasteiger partial charge < -0.3 is 14.8 Å². The van der Waals surface area contributed by atoms with Crippen LogP contribution in [0.15, 0.2) is 66.9 Å². The molecule has 0 spiro atoms. The minimum absolute atomic E-state index is 0.316. The van der Waals surface area contributed by atoms with Crippen LogP contribution >= 0.6 is 0 Å². The summed E-state index contributed by atoms with van der Waals surface area (Å²) in [6, 6.07) is 18.7. The Hall–Kier alpha value is -3.34. The van der Waals surface area contributed by atoms with Crippen LogP contribution < -0.4 is 14.8 Å². The maximum absolute atomic E-state index is 12.6. The monoisotopic (exact) mass is 334 g/mol. The highest BCUT2D eigenvalue weighted by Gasteiger charge is 2.18. The fourth-order valence-corrected chi connectivity index (χ4v) is 2.52. The van der Waals surface area contributed by atoms with Crippen LogP contribution in [0.4, 0.5) is 5.69 Å². The first-order valence-corrected chi connectivity index (χ1v) is 7.76. The highest BCUT2D eigenvalue weighted by molar-refractivity contribution is 6.08. The second-order valence-electron chi connectivity index (χ2n) is 5.29. The summed E-state index contributed by atoms with van der Waals surface area (Å²) >= 11 is 0. The molecular formula is C20H18N2O3. The molecular weight excluding hydrogens is 316 g/mol. The molecule has 5 heteroatoms. The zero-order valence-corrected chi connectivity index (χ0v) is 14.0. The summed E-state index contributed by atoms with van der Waals surface area (Å²) < 4.78 is 10.5. The van der Waals surface area contributed by atoms with Gasteiger partial charge in [0.05, 0.1) is 31.8 Å². The van der Waals surface area contributed by atoms with E-state index in [-0.39, 0.29) is 5.91 Å². The molecule has 1 heterocycles.